The molecule has 0 aliphatic heterocycles. The summed E-state index contributed by atoms with van der Waals surface area (Å²) in [6.45, 7) is 1.22. The van der Waals surface area contributed by atoms with E-state index in [1.807, 2.05) is 6.07 Å². The fourth-order valence-electron chi connectivity index (χ4n) is 1.94. The Morgan fingerprint density at radius 3 is 2.91 bits per heavy atom. The van der Waals surface area contributed by atoms with Crippen LogP contribution in [-0.2, 0) is 6.54 Å². The van der Waals surface area contributed by atoms with Crippen LogP contribution in [0.15, 0.2) is 36.5 Å². The van der Waals surface area contributed by atoms with Crippen molar-refractivity contribution in [2.45, 2.75) is 13.0 Å². The summed E-state index contributed by atoms with van der Waals surface area (Å²) in [7, 11) is 0. The minimum atomic E-state index is -0.271. The highest BCUT2D eigenvalue weighted by Gasteiger charge is 2.13. The van der Waals surface area contributed by atoms with Crippen LogP contribution in [0, 0.1) is 0 Å². The van der Waals surface area contributed by atoms with E-state index < -0.39 is 0 Å². The zero-order chi connectivity index (χ0) is 16.7. The lowest BCUT2D eigenvalue weighted by molar-refractivity contribution is 0.0947. The first kappa shape index (κ1) is 17.1. The van der Waals surface area contributed by atoms with Gasteiger partial charge in [0.1, 0.15) is 11.6 Å². The van der Waals surface area contributed by atoms with E-state index in [0.29, 0.717) is 41.7 Å². The van der Waals surface area contributed by atoms with Gasteiger partial charge in [-0.3, -0.25) is 4.79 Å². The summed E-state index contributed by atoms with van der Waals surface area (Å²) in [4.78, 5) is 16.4. The Balaban J connectivity index is 2.07. The topological polar surface area (TPSA) is 103 Å². The lowest BCUT2D eigenvalue weighted by atomic mass is 10.1. The fourth-order valence-corrected chi connectivity index (χ4v) is 2.10. The summed E-state index contributed by atoms with van der Waals surface area (Å²) < 4.78 is 5.59. The van der Waals surface area contributed by atoms with Crippen molar-refractivity contribution in [3.63, 3.8) is 0 Å². The average Bonchev–Trinajstić information content (AvgIpc) is 2.54. The highest BCUT2D eigenvalue weighted by atomic mass is 35.5. The number of carbonyl (C=O) groups excluding carboxylic acids is 1. The quantitative estimate of drug-likeness (QED) is 0.672. The molecule has 1 aromatic carbocycles. The maximum absolute atomic E-state index is 12.4. The first-order chi connectivity index (χ1) is 11.1. The summed E-state index contributed by atoms with van der Waals surface area (Å²) in [5, 5.41) is 3.30. The monoisotopic (exact) mass is 334 g/mol. The average molecular weight is 335 g/mol. The van der Waals surface area contributed by atoms with Crippen molar-refractivity contribution >= 4 is 23.3 Å². The van der Waals surface area contributed by atoms with Crippen LogP contribution in [0.2, 0.25) is 5.02 Å². The first-order valence-electron chi connectivity index (χ1n) is 7.22. The van der Waals surface area contributed by atoms with Gasteiger partial charge >= 0.3 is 0 Å². The zero-order valence-electron chi connectivity index (χ0n) is 12.6. The summed E-state index contributed by atoms with van der Waals surface area (Å²) in [5.74, 6) is 0.554. The summed E-state index contributed by atoms with van der Waals surface area (Å²) in [5.41, 5.74) is 12.4. The van der Waals surface area contributed by atoms with Crippen molar-refractivity contribution in [1.29, 1.82) is 0 Å². The number of halogens is 1. The van der Waals surface area contributed by atoms with Gasteiger partial charge < -0.3 is 21.5 Å². The molecule has 122 valence electrons. The number of amides is 1. The minimum Gasteiger partial charge on any atom is -0.493 e. The predicted molar refractivity (Wildman–Crippen MR) is 90.4 cm³/mol. The third-order valence-electron chi connectivity index (χ3n) is 3.16. The maximum Gasteiger partial charge on any atom is 0.255 e. The molecular formula is C16H19ClN4O2. The van der Waals surface area contributed by atoms with Crippen LogP contribution < -0.4 is 21.5 Å². The molecule has 0 fully saturated rings. The normalized spacial score (nSPS) is 10.3. The van der Waals surface area contributed by atoms with Crippen molar-refractivity contribution in [1.82, 2.24) is 10.3 Å². The SMILES string of the molecule is NCCCOc1cc(Cl)ccc1C(=O)NCc1cccnc1N. The number of carbonyl (C=O) groups is 1. The largest absolute Gasteiger partial charge is 0.493 e. The first-order valence-corrected chi connectivity index (χ1v) is 7.59. The van der Waals surface area contributed by atoms with Crippen molar-refractivity contribution < 1.29 is 9.53 Å². The van der Waals surface area contributed by atoms with Gasteiger partial charge in [-0.05, 0) is 37.2 Å². The molecule has 1 aromatic heterocycles. The number of benzene rings is 1. The Morgan fingerprint density at radius 1 is 1.35 bits per heavy atom. The predicted octanol–water partition coefficient (Wildman–Crippen LogP) is 1.97. The highest BCUT2D eigenvalue weighted by Crippen LogP contribution is 2.24. The highest BCUT2D eigenvalue weighted by molar-refractivity contribution is 6.30. The van der Waals surface area contributed by atoms with Crippen LogP contribution >= 0.6 is 11.6 Å². The molecule has 0 aliphatic carbocycles. The number of rotatable bonds is 7. The van der Waals surface area contributed by atoms with Gasteiger partial charge in [-0.1, -0.05) is 17.7 Å². The maximum atomic E-state index is 12.4. The van der Waals surface area contributed by atoms with E-state index in [2.05, 4.69) is 10.3 Å². The van der Waals surface area contributed by atoms with Gasteiger partial charge in [-0.25, -0.2) is 4.98 Å². The molecule has 0 saturated heterocycles. The number of anilines is 1. The van der Waals surface area contributed by atoms with Crippen LogP contribution in [0.5, 0.6) is 5.75 Å². The summed E-state index contributed by atoms with van der Waals surface area (Å²) >= 11 is 5.97. The number of aromatic nitrogens is 1. The second-order valence-corrected chi connectivity index (χ2v) is 5.30. The van der Waals surface area contributed by atoms with Gasteiger partial charge in [-0.2, -0.15) is 0 Å². The van der Waals surface area contributed by atoms with Gasteiger partial charge in [0.05, 0.1) is 12.2 Å². The molecule has 23 heavy (non-hydrogen) atoms. The molecule has 1 amide bonds. The molecule has 7 heteroatoms. The smallest absolute Gasteiger partial charge is 0.255 e. The Bertz CT molecular complexity index is 679. The molecule has 1 heterocycles. The molecule has 0 unspecified atom stereocenters. The van der Waals surface area contributed by atoms with Crippen LogP contribution in [0.25, 0.3) is 0 Å². The van der Waals surface area contributed by atoms with Crippen LogP contribution in [0.1, 0.15) is 22.3 Å². The molecule has 0 saturated carbocycles. The fraction of sp³-hybridized carbons (Fsp3) is 0.250. The number of pyridine rings is 1. The third-order valence-corrected chi connectivity index (χ3v) is 3.39. The van der Waals surface area contributed by atoms with Gasteiger partial charge in [0.15, 0.2) is 0 Å². The lowest BCUT2D eigenvalue weighted by Gasteiger charge is -2.12. The Morgan fingerprint density at radius 2 is 2.17 bits per heavy atom. The summed E-state index contributed by atoms with van der Waals surface area (Å²) in [6.07, 6.45) is 2.29. The Kier molecular flexibility index (Phi) is 6.19. The number of ether oxygens (including phenoxy) is 1. The number of hydrogen-bond acceptors (Lipinski definition) is 5. The Hall–Kier alpha value is -2.31. The van der Waals surface area contributed by atoms with Crippen molar-refractivity contribution in [3.05, 3.63) is 52.7 Å². The minimum absolute atomic E-state index is 0.271. The van der Waals surface area contributed by atoms with Crippen molar-refractivity contribution in [2.75, 3.05) is 18.9 Å². The summed E-state index contributed by atoms with van der Waals surface area (Å²) in [6, 6.07) is 8.46. The molecule has 5 N–H and O–H groups in total. The van der Waals surface area contributed by atoms with E-state index in [-0.39, 0.29) is 12.5 Å². The number of nitrogen functional groups attached to an aromatic ring is 1. The van der Waals surface area contributed by atoms with Crippen LogP contribution in [0.3, 0.4) is 0 Å². The molecule has 0 bridgehead atoms. The number of hydrogen-bond donors (Lipinski definition) is 3. The van der Waals surface area contributed by atoms with E-state index in [0.717, 1.165) is 5.56 Å². The molecule has 0 spiro atoms. The molecule has 2 rings (SSSR count). The van der Waals surface area contributed by atoms with Gasteiger partial charge in [0.25, 0.3) is 5.91 Å². The second-order valence-electron chi connectivity index (χ2n) is 4.86. The van der Waals surface area contributed by atoms with E-state index in [1.54, 1.807) is 30.5 Å². The molecular weight excluding hydrogens is 316 g/mol. The number of nitrogens with two attached hydrogens (primary N) is 2. The molecule has 0 radical (unpaired) electrons. The molecule has 2 aromatic rings. The van der Waals surface area contributed by atoms with Crippen molar-refractivity contribution in [3.8, 4) is 5.75 Å². The molecule has 0 aliphatic rings. The second kappa shape index (κ2) is 8.36. The van der Waals surface area contributed by atoms with E-state index in [9.17, 15) is 4.79 Å². The lowest BCUT2D eigenvalue weighted by Crippen LogP contribution is -2.24. The zero-order valence-corrected chi connectivity index (χ0v) is 13.3. The van der Waals surface area contributed by atoms with Gasteiger partial charge in [0, 0.05) is 23.3 Å². The van der Waals surface area contributed by atoms with Gasteiger partial charge in [-0.15, -0.1) is 0 Å². The number of nitrogens with zero attached hydrogens (tertiary/aromatic N) is 1. The van der Waals surface area contributed by atoms with Crippen LogP contribution in [-0.4, -0.2) is 24.0 Å². The molecule has 6 nitrogen and oxygen atoms in total. The Labute approximate surface area is 139 Å². The number of nitrogens with one attached hydrogen (secondary N) is 1. The standard InChI is InChI=1S/C16H19ClN4O2/c17-12-4-5-13(14(9-12)23-8-2-6-18)16(22)21-10-11-3-1-7-20-15(11)19/h1,3-5,7,9H,2,6,8,10,18H2,(H2,19,20)(H,21,22). The van der Waals surface area contributed by atoms with E-state index in [4.69, 9.17) is 27.8 Å². The molecule has 0 atom stereocenters. The van der Waals surface area contributed by atoms with Crippen molar-refractivity contribution in [2.24, 2.45) is 5.73 Å². The van der Waals surface area contributed by atoms with Gasteiger partial charge in [0.2, 0.25) is 0 Å². The van der Waals surface area contributed by atoms with E-state index in [1.165, 1.54) is 0 Å². The third kappa shape index (κ3) is 4.84. The van der Waals surface area contributed by atoms with Crippen LogP contribution in [0.4, 0.5) is 5.82 Å². The van der Waals surface area contributed by atoms with E-state index >= 15 is 0 Å².